The van der Waals surface area contributed by atoms with E-state index in [-0.39, 0.29) is 65.1 Å². The number of imide groups is 1. The fourth-order valence-electron chi connectivity index (χ4n) is 9.23. The van der Waals surface area contributed by atoms with E-state index in [1.165, 1.54) is 22.9 Å². The number of amides is 3. The Morgan fingerprint density at radius 3 is 2.29 bits per heavy atom. The molecule has 304 valence electrons. The van der Waals surface area contributed by atoms with Crippen molar-refractivity contribution >= 4 is 29.4 Å². The van der Waals surface area contributed by atoms with E-state index in [1.54, 1.807) is 42.6 Å². The molecule has 0 radical (unpaired) electrons. The average Bonchev–Trinajstić information content (AvgIpc) is 3.24. The van der Waals surface area contributed by atoms with E-state index in [1.807, 2.05) is 12.1 Å². The molecular formula is C44H50F2N8O4. The largest absolute Gasteiger partial charge is 0.374 e. The first-order valence-electron chi connectivity index (χ1n) is 20.7. The molecule has 2 aliphatic heterocycles. The third-order valence-electron chi connectivity index (χ3n) is 12.5. The Hall–Kier alpha value is -5.50. The van der Waals surface area contributed by atoms with Crippen molar-refractivity contribution in [3.05, 3.63) is 101 Å². The Bertz CT molecular complexity index is 2190. The number of benzene rings is 2. The highest BCUT2D eigenvalue weighted by molar-refractivity contribution is 6.01. The maximum atomic E-state index is 15.3. The number of anilines is 2. The van der Waals surface area contributed by atoms with Gasteiger partial charge in [0.25, 0.3) is 5.56 Å². The van der Waals surface area contributed by atoms with E-state index in [2.05, 4.69) is 36.1 Å². The number of aromatic nitrogens is 3. The van der Waals surface area contributed by atoms with Crippen molar-refractivity contribution in [1.82, 2.24) is 30.1 Å². The summed E-state index contributed by atoms with van der Waals surface area (Å²) >= 11 is 0. The van der Waals surface area contributed by atoms with E-state index in [4.69, 9.17) is 0 Å². The van der Waals surface area contributed by atoms with Gasteiger partial charge < -0.3 is 20.9 Å². The summed E-state index contributed by atoms with van der Waals surface area (Å²) in [5, 5.41) is 12.1. The van der Waals surface area contributed by atoms with E-state index in [9.17, 15) is 23.6 Å². The van der Waals surface area contributed by atoms with Crippen LogP contribution < -0.4 is 26.8 Å². The zero-order chi connectivity index (χ0) is 40.2. The number of nitrogens with one attached hydrogen (secondary N) is 4. The molecule has 2 aromatic heterocycles. The Balaban J connectivity index is 0.760. The molecule has 0 unspecified atom stereocenters. The molecule has 0 spiro atoms. The molecule has 12 nitrogen and oxygen atoms in total. The molecule has 1 atom stereocenters. The number of nitrogens with zero attached hydrogens (tertiary/aromatic N) is 4. The fourth-order valence-corrected chi connectivity index (χ4v) is 9.23. The highest BCUT2D eigenvalue weighted by atomic mass is 19.1. The van der Waals surface area contributed by atoms with Crippen LogP contribution in [0.4, 0.5) is 20.4 Å². The summed E-state index contributed by atoms with van der Waals surface area (Å²) in [4.78, 5) is 60.5. The molecule has 2 aromatic carbocycles. The van der Waals surface area contributed by atoms with Gasteiger partial charge in [-0.1, -0.05) is 24.3 Å². The van der Waals surface area contributed by atoms with Crippen molar-refractivity contribution in [2.24, 2.45) is 5.92 Å². The standard InChI is InChI=1S/C44H50F2N8O4/c45-36-25-32(48-38-17-18-39(55)51-43(38)58)13-16-35(36)27-19-22-53(23-20-27)33-14-7-28(8-15-33)42(57)49-30-9-11-31(12-10-30)50-44-47-26-37(46)41(52-44)29-4-3-5-34(24-29)54-21-2-1-6-40(54)56/h1-6,13,16,21,24-28,30-31,33,38,48H,7-12,14-15,17-20,22-23H2,(H,49,57)(H,47,50,52)(H,51,55,58)/t28?,30?,31?,33?,38-/m0/s1. The molecule has 58 heavy (non-hydrogen) atoms. The monoisotopic (exact) mass is 792 g/mol. The smallest absolute Gasteiger partial charge is 0.255 e. The first kappa shape index (κ1) is 39.3. The van der Waals surface area contributed by atoms with Gasteiger partial charge in [0.1, 0.15) is 17.6 Å². The van der Waals surface area contributed by atoms with E-state index in [0.717, 1.165) is 77.3 Å². The summed E-state index contributed by atoms with van der Waals surface area (Å²) < 4.78 is 31.7. The van der Waals surface area contributed by atoms with Crippen LogP contribution in [0.1, 0.15) is 88.5 Å². The topological polar surface area (TPSA) is 150 Å². The van der Waals surface area contributed by atoms with Crippen LogP contribution in [0, 0.1) is 17.6 Å². The third-order valence-corrected chi connectivity index (χ3v) is 12.5. The van der Waals surface area contributed by atoms with Gasteiger partial charge in [-0.2, -0.15) is 0 Å². The predicted octanol–water partition coefficient (Wildman–Crippen LogP) is 6.07. The second-order valence-corrected chi connectivity index (χ2v) is 16.3. The molecule has 2 saturated carbocycles. The average molecular weight is 793 g/mol. The Kier molecular flexibility index (Phi) is 11.9. The van der Waals surface area contributed by atoms with Gasteiger partial charge in [0, 0.05) is 59.7 Å². The number of piperidine rings is 2. The van der Waals surface area contributed by atoms with Crippen LogP contribution in [0.2, 0.25) is 0 Å². The SMILES string of the molecule is O=C1CC[C@H](Nc2ccc(C3CCN(C4CCC(C(=O)NC5CCC(Nc6ncc(F)c(-c7cccc(-n8ccccc8=O)c7)n6)CC5)CC4)CC3)c(F)c2)C(=O)N1. The van der Waals surface area contributed by atoms with Crippen molar-refractivity contribution in [1.29, 1.82) is 0 Å². The Morgan fingerprint density at radius 1 is 0.776 bits per heavy atom. The van der Waals surface area contributed by atoms with Crippen LogP contribution in [0.5, 0.6) is 0 Å². The normalized spacial score (nSPS) is 24.5. The molecular weight excluding hydrogens is 743 g/mol. The zero-order valence-corrected chi connectivity index (χ0v) is 32.5. The molecule has 4 N–H and O–H groups in total. The molecule has 2 aliphatic carbocycles. The van der Waals surface area contributed by atoms with Crippen LogP contribution in [0.3, 0.4) is 0 Å². The summed E-state index contributed by atoms with van der Waals surface area (Å²) in [6, 6.07) is 17.2. The summed E-state index contributed by atoms with van der Waals surface area (Å²) in [5.74, 6) is -0.854. The number of hydrogen-bond acceptors (Lipinski definition) is 9. The maximum absolute atomic E-state index is 15.3. The Morgan fingerprint density at radius 2 is 1.55 bits per heavy atom. The molecule has 4 heterocycles. The van der Waals surface area contributed by atoms with Crippen molar-refractivity contribution in [2.45, 2.75) is 107 Å². The van der Waals surface area contributed by atoms with Gasteiger partial charge in [-0.15, -0.1) is 0 Å². The third kappa shape index (κ3) is 9.12. The van der Waals surface area contributed by atoms with Crippen molar-refractivity contribution < 1.29 is 23.2 Å². The van der Waals surface area contributed by atoms with Gasteiger partial charge in [0.15, 0.2) is 5.82 Å². The lowest BCUT2D eigenvalue weighted by Crippen LogP contribution is -2.47. The minimum Gasteiger partial charge on any atom is -0.374 e. The number of carbonyl (C=O) groups is 3. The summed E-state index contributed by atoms with van der Waals surface area (Å²) in [5.41, 5.74) is 2.37. The lowest BCUT2D eigenvalue weighted by Gasteiger charge is -2.41. The number of halogens is 2. The maximum Gasteiger partial charge on any atom is 0.255 e. The van der Waals surface area contributed by atoms with Gasteiger partial charge in [0.2, 0.25) is 23.7 Å². The van der Waals surface area contributed by atoms with Gasteiger partial charge >= 0.3 is 0 Å². The second kappa shape index (κ2) is 17.6. The minimum atomic E-state index is -0.551. The molecule has 14 heteroatoms. The van der Waals surface area contributed by atoms with E-state index in [0.29, 0.717) is 40.9 Å². The van der Waals surface area contributed by atoms with Crippen molar-refractivity contribution in [3.63, 3.8) is 0 Å². The van der Waals surface area contributed by atoms with Crippen LogP contribution in [-0.4, -0.2) is 74.4 Å². The summed E-state index contributed by atoms with van der Waals surface area (Å²) in [6.45, 7) is 1.79. The van der Waals surface area contributed by atoms with Crippen molar-refractivity contribution in [3.8, 4) is 16.9 Å². The van der Waals surface area contributed by atoms with Crippen molar-refractivity contribution in [2.75, 3.05) is 23.7 Å². The first-order valence-corrected chi connectivity index (χ1v) is 20.7. The molecule has 8 rings (SSSR count). The first-order chi connectivity index (χ1) is 28.2. The van der Waals surface area contributed by atoms with E-state index < -0.39 is 11.9 Å². The van der Waals surface area contributed by atoms with Crippen LogP contribution in [0.15, 0.2) is 77.9 Å². The lowest BCUT2D eigenvalue weighted by atomic mass is 9.82. The van der Waals surface area contributed by atoms with E-state index >= 15 is 4.39 Å². The van der Waals surface area contributed by atoms with Gasteiger partial charge in [-0.05, 0) is 126 Å². The fraction of sp³-hybridized carbons (Fsp3) is 0.455. The molecule has 0 bridgehead atoms. The highest BCUT2D eigenvalue weighted by Gasteiger charge is 2.34. The van der Waals surface area contributed by atoms with Crippen LogP contribution in [0.25, 0.3) is 16.9 Å². The number of likely N-dealkylation sites (tertiary alicyclic amines) is 1. The Labute approximate surface area is 336 Å². The quantitative estimate of drug-likeness (QED) is 0.141. The zero-order valence-electron chi connectivity index (χ0n) is 32.5. The number of pyridine rings is 1. The van der Waals surface area contributed by atoms with Crippen LogP contribution >= 0.6 is 0 Å². The molecule has 3 amide bonds. The predicted molar refractivity (Wildman–Crippen MR) is 216 cm³/mol. The molecule has 2 saturated heterocycles. The van der Waals surface area contributed by atoms with Gasteiger partial charge in [-0.3, -0.25) is 29.1 Å². The molecule has 4 aromatic rings. The lowest BCUT2D eigenvalue weighted by molar-refractivity contribution is -0.133. The summed E-state index contributed by atoms with van der Waals surface area (Å²) in [7, 11) is 0. The van der Waals surface area contributed by atoms with Gasteiger partial charge in [-0.25, -0.2) is 18.7 Å². The summed E-state index contributed by atoms with van der Waals surface area (Å²) in [6.07, 6.45) is 12.2. The molecule has 4 aliphatic rings. The molecule has 4 fully saturated rings. The minimum absolute atomic E-state index is 0.0103. The number of rotatable bonds is 10. The highest BCUT2D eigenvalue weighted by Crippen LogP contribution is 2.36. The second-order valence-electron chi connectivity index (χ2n) is 16.3. The number of hydrogen-bond donors (Lipinski definition) is 4. The van der Waals surface area contributed by atoms with Gasteiger partial charge in [0.05, 0.1) is 6.20 Å². The van der Waals surface area contributed by atoms with Crippen LogP contribution in [-0.2, 0) is 14.4 Å². The number of carbonyl (C=O) groups excluding carboxylic acids is 3.